The number of aliphatic hydroxyl groups excluding tert-OH is 1. The molecule has 5 rings (SSSR count). The van der Waals surface area contributed by atoms with Crippen LogP contribution < -0.4 is 0 Å². The molecular weight excluding hydrogens is 919 g/mol. The first-order chi connectivity index (χ1) is 26.8. The maximum atomic E-state index is 11.7. The standard InChI is InChI=1S/C41H52NS.C13H24O2.Ir/c1-37(2,3)24-41(25-38(4,5)6,26-39(7,8)9)29-17-18-31-32-19-20-42-35(36(32)43-34(31)23-29)28-21-27-15-13-14-16-30(27)33(22-28)40(10,11)12;1-5-10(6-2)12(14)9-13(15)11(7-3)8-4;/h13-20,22-23H,24-26H2,1-12H3;9-11,14H,5-8H2,1-4H3;/q-1;;/b;12-9-;. The smallest absolute Gasteiger partial charge is 0.162 e. The number of allylic oxidation sites excluding steroid dienone is 2. The van der Waals surface area contributed by atoms with E-state index in [0.717, 1.165) is 42.3 Å². The van der Waals surface area contributed by atoms with Crippen molar-refractivity contribution in [3.63, 3.8) is 0 Å². The largest absolute Gasteiger partial charge is 0.512 e. The van der Waals surface area contributed by atoms with Crippen molar-refractivity contribution in [1.82, 2.24) is 4.98 Å². The summed E-state index contributed by atoms with van der Waals surface area (Å²) in [6.45, 7) is 36.7. The number of hydrogen-bond acceptors (Lipinski definition) is 4. The van der Waals surface area contributed by atoms with Gasteiger partial charge in [0, 0.05) is 59.3 Å². The molecule has 0 amide bonds. The van der Waals surface area contributed by atoms with Crippen molar-refractivity contribution in [2.24, 2.45) is 28.1 Å². The molecule has 5 heteroatoms. The third kappa shape index (κ3) is 13.1. The number of ketones is 1. The zero-order valence-corrected chi connectivity index (χ0v) is 42.7. The SMILES string of the molecule is CC(C)(C)CC(CC(C)(C)C)(CC(C)(C)C)c1ccc2c(c1)sc1c(-c3[c-]c4ccccc4c(C(C)(C)C)c3)nccc12.CCC(CC)C(=O)/C=C(\O)C(CC)CC.[Ir]. The molecule has 3 nitrogen and oxygen atoms in total. The molecule has 0 atom stereocenters. The molecule has 0 bridgehead atoms. The number of pyridine rings is 1. The quantitative estimate of drug-likeness (QED) is 0.0770. The van der Waals surface area contributed by atoms with Crippen molar-refractivity contribution in [3.8, 4) is 11.3 Å². The van der Waals surface area contributed by atoms with E-state index in [1.807, 2.05) is 45.2 Å². The van der Waals surface area contributed by atoms with Crippen LogP contribution in [0.2, 0.25) is 0 Å². The van der Waals surface area contributed by atoms with Gasteiger partial charge in [0.15, 0.2) is 5.78 Å². The molecule has 59 heavy (non-hydrogen) atoms. The molecular formula is C54H76IrNO2S-. The number of nitrogens with zero attached hydrogens (tertiary/aromatic N) is 1. The van der Waals surface area contributed by atoms with E-state index in [1.54, 1.807) is 0 Å². The summed E-state index contributed by atoms with van der Waals surface area (Å²) < 4.78 is 2.62. The number of aliphatic hydroxyl groups is 1. The maximum Gasteiger partial charge on any atom is 0.162 e. The van der Waals surface area contributed by atoms with E-state index in [-0.39, 0.29) is 70.6 Å². The van der Waals surface area contributed by atoms with E-state index in [9.17, 15) is 9.90 Å². The normalized spacial score (nSPS) is 13.3. The summed E-state index contributed by atoms with van der Waals surface area (Å²) in [5.74, 6) is 0.547. The predicted molar refractivity (Wildman–Crippen MR) is 255 cm³/mol. The minimum absolute atomic E-state index is 0. The molecule has 1 N–H and O–H groups in total. The number of aromatic nitrogens is 1. The van der Waals surface area contributed by atoms with Crippen molar-refractivity contribution >= 4 is 48.1 Å². The summed E-state index contributed by atoms with van der Waals surface area (Å²) in [6.07, 6.45) is 10.4. The fourth-order valence-corrected chi connectivity index (χ4v) is 10.8. The zero-order chi connectivity index (χ0) is 43.4. The van der Waals surface area contributed by atoms with Gasteiger partial charge < -0.3 is 5.11 Å². The number of benzene rings is 3. The summed E-state index contributed by atoms with van der Waals surface area (Å²) in [5.41, 5.74) is 5.74. The van der Waals surface area contributed by atoms with Crippen molar-refractivity contribution in [2.45, 2.75) is 167 Å². The van der Waals surface area contributed by atoms with Crippen LogP contribution in [0.15, 0.2) is 72.6 Å². The Bertz CT molecular complexity index is 2150. The molecule has 0 saturated carbocycles. The van der Waals surface area contributed by atoms with Gasteiger partial charge >= 0.3 is 0 Å². The first-order valence-corrected chi connectivity index (χ1v) is 22.9. The Labute approximate surface area is 376 Å². The molecule has 0 unspecified atom stereocenters. The Kier molecular flexibility index (Phi) is 17.0. The maximum absolute atomic E-state index is 11.7. The van der Waals surface area contributed by atoms with Crippen molar-refractivity contribution in [1.29, 1.82) is 0 Å². The van der Waals surface area contributed by atoms with Crippen LogP contribution in [0.1, 0.15) is 167 Å². The van der Waals surface area contributed by atoms with Crippen molar-refractivity contribution in [2.75, 3.05) is 0 Å². The molecule has 1 radical (unpaired) electrons. The van der Waals surface area contributed by atoms with Crippen LogP contribution in [0.3, 0.4) is 0 Å². The van der Waals surface area contributed by atoms with E-state index < -0.39 is 0 Å². The Balaban J connectivity index is 0.000000496. The van der Waals surface area contributed by atoms with Crippen LogP contribution in [0.4, 0.5) is 0 Å². The molecule has 2 heterocycles. The van der Waals surface area contributed by atoms with Crippen LogP contribution in [0, 0.1) is 34.1 Å². The van der Waals surface area contributed by atoms with Gasteiger partial charge in [-0.2, -0.15) is 0 Å². The molecule has 0 fully saturated rings. The van der Waals surface area contributed by atoms with Crippen LogP contribution in [0.5, 0.6) is 0 Å². The van der Waals surface area contributed by atoms with Gasteiger partial charge in [-0.15, -0.1) is 40.5 Å². The second-order valence-corrected chi connectivity index (χ2v) is 22.8. The van der Waals surface area contributed by atoms with Gasteiger partial charge in [0.1, 0.15) is 0 Å². The zero-order valence-electron chi connectivity index (χ0n) is 39.5. The summed E-state index contributed by atoms with van der Waals surface area (Å²) in [5, 5.41) is 14.8. The topological polar surface area (TPSA) is 50.2 Å². The average molecular weight is 995 g/mol. The fraction of sp³-hybridized carbons (Fsp3) is 0.556. The second kappa shape index (κ2) is 19.9. The number of carbonyl (C=O) groups excluding carboxylic acids is 1. The van der Waals surface area contributed by atoms with Crippen LogP contribution in [-0.2, 0) is 35.7 Å². The fourth-order valence-electron chi connectivity index (χ4n) is 9.52. The summed E-state index contributed by atoms with van der Waals surface area (Å²) in [4.78, 5) is 16.7. The van der Waals surface area contributed by atoms with E-state index in [2.05, 4.69) is 144 Å². The Morgan fingerprint density at radius 1 is 0.712 bits per heavy atom. The van der Waals surface area contributed by atoms with Crippen LogP contribution in [0.25, 0.3) is 42.2 Å². The van der Waals surface area contributed by atoms with Crippen LogP contribution in [-0.4, -0.2) is 15.9 Å². The predicted octanol–water partition coefficient (Wildman–Crippen LogP) is 16.8. The van der Waals surface area contributed by atoms with Crippen molar-refractivity contribution < 1.29 is 30.0 Å². The van der Waals surface area contributed by atoms with Gasteiger partial charge in [0.05, 0.1) is 5.76 Å². The summed E-state index contributed by atoms with van der Waals surface area (Å²) >= 11 is 1.90. The molecule has 5 aromatic rings. The summed E-state index contributed by atoms with van der Waals surface area (Å²) in [7, 11) is 0. The number of carbonyl (C=O) groups is 1. The summed E-state index contributed by atoms with van der Waals surface area (Å²) in [6, 6.07) is 24.3. The number of hydrogen-bond donors (Lipinski definition) is 1. The molecule has 0 saturated heterocycles. The molecule has 3 aromatic carbocycles. The number of rotatable bonds is 12. The second-order valence-electron chi connectivity index (χ2n) is 21.7. The monoisotopic (exact) mass is 996 g/mol. The molecule has 0 aliphatic heterocycles. The van der Waals surface area contributed by atoms with Gasteiger partial charge in [-0.05, 0) is 100 Å². The molecule has 0 spiro atoms. The molecule has 325 valence electrons. The number of thiophene rings is 1. The minimum atomic E-state index is 0. The van der Waals surface area contributed by atoms with E-state index in [1.165, 1.54) is 62.0 Å². The first kappa shape index (κ1) is 50.5. The van der Waals surface area contributed by atoms with Gasteiger partial charge in [-0.25, -0.2) is 0 Å². The number of fused-ring (bicyclic) bond motifs is 4. The van der Waals surface area contributed by atoms with E-state index in [4.69, 9.17) is 4.98 Å². The minimum Gasteiger partial charge on any atom is -0.512 e. The van der Waals surface area contributed by atoms with Gasteiger partial charge in [0.25, 0.3) is 0 Å². The Hall–Kier alpha value is -2.85. The van der Waals surface area contributed by atoms with Gasteiger partial charge in [-0.1, -0.05) is 152 Å². The van der Waals surface area contributed by atoms with E-state index >= 15 is 0 Å². The van der Waals surface area contributed by atoms with Crippen molar-refractivity contribution in [3.05, 3.63) is 89.8 Å². The average Bonchev–Trinajstić information content (AvgIpc) is 3.48. The van der Waals surface area contributed by atoms with Crippen LogP contribution >= 0.6 is 11.3 Å². The van der Waals surface area contributed by atoms with Gasteiger partial charge in [-0.3, -0.25) is 9.78 Å². The van der Waals surface area contributed by atoms with E-state index in [0.29, 0.717) is 0 Å². The Morgan fingerprint density at radius 3 is 1.76 bits per heavy atom. The molecule has 2 aromatic heterocycles. The molecule has 0 aliphatic rings. The third-order valence-corrected chi connectivity index (χ3v) is 12.7. The Morgan fingerprint density at radius 2 is 1.25 bits per heavy atom. The van der Waals surface area contributed by atoms with Gasteiger partial charge in [0.2, 0.25) is 0 Å². The first-order valence-electron chi connectivity index (χ1n) is 22.1. The molecule has 0 aliphatic carbocycles. The third-order valence-electron chi connectivity index (χ3n) is 11.5.